The molecule has 0 radical (unpaired) electrons. The van der Waals surface area contributed by atoms with Crippen molar-refractivity contribution in [3.8, 4) is 0 Å². The third kappa shape index (κ3) is 18.2. The zero-order valence-corrected chi connectivity index (χ0v) is 33.0. The lowest BCUT2D eigenvalue weighted by Crippen LogP contribution is -2.33. The van der Waals surface area contributed by atoms with Crippen LogP contribution in [0.5, 0.6) is 0 Å². The molecule has 3 nitrogen and oxygen atoms in total. The molecule has 2 saturated heterocycles. The molecule has 0 bridgehead atoms. The SMILES string of the molecule is CCCCC/C=C\C/C=C\CCCCCCCCC1(CCCCCCCC/C=C\C/C=C\CCCCC)CCC2(C1)O[C@H]1CN(C)C[C@H]1O2. The summed E-state index contributed by atoms with van der Waals surface area (Å²) in [7, 11) is 2.20. The highest BCUT2D eigenvalue weighted by molar-refractivity contribution is 5.02. The van der Waals surface area contributed by atoms with Crippen molar-refractivity contribution in [1.82, 2.24) is 4.90 Å². The van der Waals surface area contributed by atoms with Gasteiger partial charge in [0.15, 0.2) is 5.79 Å². The van der Waals surface area contributed by atoms with Crippen LogP contribution in [0.2, 0.25) is 0 Å². The fraction of sp³-hybridized carbons (Fsp3) is 0.826. The van der Waals surface area contributed by atoms with Gasteiger partial charge < -0.3 is 14.4 Å². The van der Waals surface area contributed by atoms with Gasteiger partial charge in [0.25, 0.3) is 0 Å². The van der Waals surface area contributed by atoms with Crippen molar-refractivity contribution in [2.45, 2.75) is 218 Å². The highest BCUT2D eigenvalue weighted by Crippen LogP contribution is 2.56. The first-order valence-electron chi connectivity index (χ1n) is 21.7. The lowest BCUT2D eigenvalue weighted by Gasteiger charge is -2.32. The van der Waals surface area contributed by atoms with E-state index in [2.05, 4.69) is 74.4 Å². The van der Waals surface area contributed by atoms with E-state index in [0.29, 0.717) is 17.6 Å². The van der Waals surface area contributed by atoms with Gasteiger partial charge in [-0.3, -0.25) is 0 Å². The van der Waals surface area contributed by atoms with E-state index < -0.39 is 0 Å². The van der Waals surface area contributed by atoms with Gasteiger partial charge in [-0.05, 0) is 95.9 Å². The quantitative estimate of drug-likeness (QED) is 0.0557. The van der Waals surface area contributed by atoms with E-state index in [9.17, 15) is 0 Å². The van der Waals surface area contributed by atoms with Crippen LogP contribution in [0.1, 0.15) is 200 Å². The molecule has 3 aliphatic rings. The van der Waals surface area contributed by atoms with Gasteiger partial charge in [0.1, 0.15) is 12.2 Å². The number of likely N-dealkylation sites (N-methyl/N-ethyl adjacent to an activating group) is 1. The minimum Gasteiger partial charge on any atom is -0.343 e. The maximum atomic E-state index is 6.74. The molecule has 0 aromatic heterocycles. The topological polar surface area (TPSA) is 21.7 Å². The highest BCUT2D eigenvalue weighted by Gasteiger charge is 2.57. The minimum absolute atomic E-state index is 0.271. The summed E-state index contributed by atoms with van der Waals surface area (Å²) < 4.78 is 13.5. The number of allylic oxidation sites excluding steroid dienone is 8. The molecule has 3 atom stereocenters. The Morgan fingerprint density at radius 1 is 0.490 bits per heavy atom. The van der Waals surface area contributed by atoms with Gasteiger partial charge in [0.05, 0.1) is 0 Å². The molecular weight excluding hydrogens is 599 g/mol. The highest BCUT2D eigenvalue weighted by atomic mass is 16.8. The molecule has 1 aliphatic carbocycles. The van der Waals surface area contributed by atoms with E-state index in [1.165, 1.54) is 161 Å². The van der Waals surface area contributed by atoms with Crippen LogP contribution in [0.25, 0.3) is 0 Å². The van der Waals surface area contributed by atoms with Crippen molar-refractivity contribution < 1.29 is 9.47 Å². The van der Waals surface area contributed by atoms with Crippen LogP contribution in [0, 0.1) is 5.41 Å². The van der Waals surface area contributed by atoms with E-state index in [4.69, 9.17) is 9.47 Å². The van der Waals surface area contributed by atoms with E-state index >= 15 is 0 Å². The van der Waals surface area contributed by atoms with Crippen LogP contribution >= 0.6 is 0 Å². The molecule has 282 valence electrons. The fourth-order valence-electron chi connectivity index (χ4n) is 8.66. The fourth-order valence-corrected chi connectivity index (χ4v) is 8.66. The number of hydrogen-bond donors (Lipinski definition) is 0. The Labute approximate surface area is 305 Å². The second kappa shape index (κ2) is 26.6. The second-order valence-corrected chi connectivity index (χ2v) is 16.3. The molecule has 1 saturated carbocycles. The normalized spacial score (nSPS) is 24.0. The Morgan fingerprint density at radius 2 is 0.878 bits per heavy atom. The summed E-state index contributed by atoms with van der Waals surface area (Å²) in [6.45, 7) is 6.63. The largest absolute Gasteiger partial charge is 0.343 e. The molecule has 1 spiro atoms. The van der Waals surface area contributed by atoms with E-state index in [0.717, 1.165) is 38.8 Å². The molecule has 0 aromatic carbocycles. The number of likely N-dealkylation sites (tertiary alicyclic amines) is 1. The van der Waals surface area contributed by atoms with Crippen LogP contribution in [0.4, 0.5) is 0 Å². The molecule has 3 rings (SSSR count). The van der Waals surface area contributed by atoms with E-state index in [1.807, 2.05) is 0 Å². The first kappa shape index (κ1) is 42.3. The van der Waals surface area contributed by atoms with Crippen molar-refractivity contribution in [1.29, 1.82) is 0 Å². The maximum Gasteiger partial charge on any atom is 0.169 e. The van der Waals surface area contributed by atoms with Gasteiger partial charge in [-0.2, -0.15) is 0 Å². The third-order valence-electron chi connectivity index (χ3n) is 11.6. The Kier molecular flexibility index (Phi) is 22.9. The minimum atomic E-state index is -0.271. The molecule has 0 amide bonds. The number of hydrogen-bond acceptors (Lipinski definition) is 3. The lowest BCUT2D eigenvalue weighted by atomic mass is 9.76. The zero-order chi connectivity index (χ0) is 34.7. The van der Waals surface area contributed by atoms with Gasteiger partial charge in [-0.15, -0.1) is 0 Å². The van der Waals surface area contributed by atoms with Gasteiger partial charge in [0.2, 0.25) is 0 Å². The second-order valence-electron chi connectivity index (χ2n) is 16.3. The van der Waals surface area contributed by atoms with Crippen LogP contribution < -0.4 is 0 Å². The maximum absolute atomic E-state index is 6.74. The summed E-state index contributed by atoms with van der Waals surface area (Å²) in [5.74, 6) is -0.271. The summed E-state index contributed by atoms with van der Waals surface area (Å²) in [5.41, 5.74) is 0.440. The van der Waals surface area contributed by atoms with Crippen molar-refractivity contribution in [3.05, 3.63) is 48.6 Å². The number of ether oxygens (including phenoxy) is 2. The van der Waals surface area contributed by atoms with Crippen molar-refractivity contribution in [2.75, 3.05) is 20.1 Å². The van der Waals surface area contributed by atoms with Crippen molar-refractivity contribution in [3.63, 3.8) is 0 Å². The van der Waals surface area contributed by atoms with Crippen molar-refractivity contribution in [2.24, 2.45) is 5.41 Å². The molecule has 3 fully saturated rings. The molecule has 3 heteroatoms. The number of unbranched alkanes of at least 4 members (excludes halogenated alkanes) is 18. The number of nitrogens with zero attached hydrogens (tertiary/aromatic N) is 1. The summed E-state index contributed by atoms with van der Waals surface area (Å²) in [4.78, 5) is 2.37. The van der Waals surface area contributed by atoms with Crippen LogP contribution in [0.3, 0.4) is 0 Å². The average molecular weight is 680 g/mol. The van der Waals surface area contributed by atoms with E-state index in [-0.39, 0.29) is 5.79 Å². The third-order valence-corrected chi connectivity index (χ3v) is 11.6. The van der Waals surface area contributed by atoms with Gasteiger partial charge in [-0.25, -0.2) is 0 Å². The smallest absolute Gasteiger partial charge is 0.169 e. The number of rotatable bonds is 30. The summed E-state index contributed by atoms with van der Waals surface area (Å²) in [5, 5.41) is 0. The summed E-state index contributed by atoms with van der Waals surface area (Å²) in [6, 6.07) is 0. The Bertz CT molecular complexity index is 856. The van der Waals surface area contributed by atoms with Crippen LogP contribution in [-0.2, 0) is 9.47 Å². The van der Waals surface area contributed by atoms with Gasteiger partial charge in [-0.1, -0.05) is 152 Å². The van der Waals surface area contributed by atoms with Crippen LogP contribution in [-0.4, -0.2) is 43.0 Å². The summed E-state index contributed by atoms with van der Waals surface area (Å²) >= 11 is 0. The van der Waals surface area contributed by atoms with Gasteiger partial charge >= 0.3 is 0 Å². The van der Waals surface area contributed by atoms with E-state index in [1.54, 1.807) is 0 Å². The molecule has 0 N–H and O–H groups in total. The molecule has 0 aromatic rings. The molecule has 2 aliphatic heterocycles. The van der Waals surface area contributed by atoms with Gasteiger partial charge in [0, 0.05) is 25.9 Å². The summed E-state index contributed by atoms with van der Waals surface area (Å²) in [6.07, 6.45) is 57.8. The lowest BCUT2D eigenvalue weighted by molar-refractivity contribution is -0.183. The Hall–Kier alpha value is -1.16. The predicted octanol–water partition coefficient (Wildman–Crippen LogP) is 14.0. The standard InChI is InChI=1S/C46H81NO2/c1-4-6-8-10-12-14-16-18-20-22-24-26-28-30-32-34-36-45(38-39-46(42-45)48-43-40-47(3)41-44(43)49-46)37-35-33-31-29-27-25-23-21-19-17-15-13-11-9-7-5-2/h12-15,18-21,43-44H,4-11,16-17,22-42H2,1-3H3/b14-12-,15-13-,20-18-,21-19-/t43-,44+,46?. The van der Waals surface area contributed by atoms with Crippen LogP contribution in [0.15, 0.2) is 48.6 Å². The zero-order valence-electron chi connectivity index (χ0n) is 33.0. The molecule has 1 unspecified atom stereocenters. The molecular formula is C46H81NO2. The Morgan fingerprint density at radius 3 is 1.31 bits per heavy atom. The van der Waals surface area contributed by atoms with Crippen molar-refractivity contribution >= 4 is 0 Å². The first-order valence-corrected chi connectivity index (χ1v) is 21.7. The predicted molar refractivity (Wildman–Crippen MR) is 214 cm³/mol. The molecule has 2 heterocycles. The monoisotopic (exact) mass is 680 g/mol. The molecule has 49 heavy (non-hydrogen) atoms. The average Bonchev–Trinajstić information content (AvgIpc) is 3.73. The Balaban J connectivity index is 1.26. The number of fused-ring (bicyclic) bond motifs is 1. The first-order chi connectivity index (χ1) is 24.1.